The number of anilines is 1. The topological polar surface area (TPSA) is 58.6 Å². The molecule has 2 heterocycles. The largest absolute Gasteiger partial charge is 0.482 e. The molecule has 2 amide bonds. The van der Waals surface area contributed by atoms with Crippen molar-refractivity contribution in [2.75, 3.05) is 25.0 Å². The highest BCUT2D eigenvalue weighted by Gasteiger charge is 2.51. The number of amides is 2. The standard InChI is InChI=1S/C17H19F3N2O3/c1-16(2)9-22(6-5-13(16)17(18,19)20)15(24)10-3-4-11-12(7-10)25-8-14(23)21-11/h3-4,7,13H,5-6,8-9H2,1-2H3,(H,21,23). The Bertz CT molecular complexity index is 716. The predicted octanol–water partition coefficient (Wildman–Crippen LogP) is 3.07. The molecule has 1 saturated heterocycles. The van der Waals surface area contributed by atoms with Crippen LogP contribution in [-0.2, 0) is 4.79 Å². The van der Waals surface area contributed by atoms with Gasteiger partial charge in [-0.15, -0.1) is 0 Å². The van der Waals surface area contributed by atoms with Crippen LogP contribution in [0.15, 0.2) is 18.2 Å². The van der Waals surface area contributed by atoms with E-state index in [9.17, 15) is 22.8 Å². The molecular weight excluding hydrogens is 337 g/mol. The lowest BCUT2D eigenvalue weighted by Gasteiger charge is -2.44. The zero-order valence-corrected chi connectivity index (χ0v) is 13.9. The minimum absolute atomic E-state index is 0.0324. The number of piperidine rings is 1. The van der Waals surface area contributed by atoms with Crippen molar-refractivity contribution >= 4 is 17.5 Å². The highest BCUT2D eigenvalue weighted by Crippen LogP contribution is 2.45. The summed E-state index contributed by atoms with van der Waals surface area (Å²) in [5.74, 6) is -1.65. The Kier molecular flexibility index (Phi) is 4.17. The van der Waals surface area contributed by atoms with Crippen molar-refractivity contribution in [1.29, 1.82) is 0 Å². The van der Waals surface area contributed by atoms with Crippen molar-refractivity contribution < 1.29 is 27.5 Å². The Morgan fingerprint density at radius 2 is 2.08 bits per heavy atom. The molecule has 1 aromatic carbocycles. The van der Waals surface area contributed by atoms with Crippen molar-refractivity contribution in [2.45, 2.75) is 26.4 Å². The number of likely N-dealkylation sites (tertiary alicyclic amines) is 1. The summed E-state index contributed by atoms with van der Waals surface area (Å²) >= 11 is 0. The number of nitrogens with zero attached hydrogens (tertiary/aromatic N) is 1. The third-order valence-electron chi connectivity index (χ3n) is 4.77. The van der Waals surface area contributed by atoms with Crippen LogP contribution in [-0.4, -0.2) is 42.6 Å². The summed E-state index contributed by atoms with van der Waals surface area (Å²) in [7, 11) is 0. The van der Waals surface area contributed by atoms with Gasteiger partial charge in [0.15, 0.2) is 6.61 Å². The number of fused-ring (bicyclic) bond motifs is 1. The fourth-order valence-corrected chi connectivity index (χ4v) is 3.53. The maximum Gasteiger partial charge on any atom is 0.392 e. The first-order chi connectivity index (χ1) is 11.6. The molecule has 0 aromatic heterocycles. The molecule has 0 bridgehead atoms. The number of rotatable bonds is 1. The summed E-state index contributed by atoms with van der Waals surface area (Å²) in [4.78, 5) is 25.4. The molecule has 3 rings (SSSR count). The molecule has 1 N–H and O–H groups in total. The van der Waals surface area contributed by atoms with Gasteiger partial charge in [0.1, 0.15) is 5.75 Å². The molecule has 0 spiro atoms. The van der Waals surface area contributed by atoms with E-state index in [1.54, 1.807) is 12.1 Å². The fraction of sp³-hybridized carbons (Fsp3) is 0.529. The molecule has 1 aromatic rings. The van der Waals surface area contributed by atoms with Gasteiger partial charge in [0, 0.05) is 18.7 Å². The molecule has 1 atom stereocenters. The molecular formula is C17H19F3N2O3. The SMILES string of the molecule is CC1(C)CN(C(=O)c2ccc3c(c2)OCC(=O)N3)CCC1C(F)(F)F. The van der Waals surface area contributed by atoms with E-state index in [4.69, 9.17) is 4.74 Å². The molecule has 0 aliphatic carbocycles. The van der Waals surface area contributed by atoms with Gasteiger partial charge >= 0.3 is 6.18 Å². The van der Waals surface area contributed by atoms with E-state index in [0.717, 1.165) is 0 Å². The highest BCUT2D eigenvalue weighted by atomic mass is 19.4. The highest BCUT2D eigenvalue weighted by molar-refractivity contribution is 5.99. The molecule has 2 aliphatic heterocycles. The Morgan fingerprint density at radius 1 is 1.36 bits per heavy atom. The number of hydrogen-bond acceptors (Lipinski definition) is 3. The van der Waals surface area contributed by atoms with Crippen LogP contribution in [0.2, 0.25) is 0 Å². The zero-order chi connectivity index (χ0) is 18.4. The number of nitrogens with one attached hydrogen (secondary N) is 1. The summed E-state index contributed by atoms with van der Waals surface area (Å²) in [5, 5.41) is 2.63. The summed E-state index contributed by atoms with van der Waals surface area (Å²) in [6.07, 6.45) is -4.38. The minimum atomic E-state index is -4.27. The average molecular weight is 356 g/mol. The van der Waals surface area contributed by atoms with E-state index in [1.165, 1.54) is 24.8 Å². The molecule has 8 heteroatoms. The first-order valence-corrected chi connectivity index (χ1v) is 8.00. The zero-order valence-electron chi connectivity index (χ0n) is 13.9. The quantitative estimate of drug-likeness (QED) is 0.841. The second-order valence-electron chi connectivity index (χ2n) is 7.15. The maximum absolute atomic E-state index is 13.2. The lowest BCUT2D eigenvalue weighted by molar-refractivity contribution is -0.214. The van der Waals surface area contributed by atoms with Crippen LogP contribution in [0.25, 0.3) is 0 Å². The number of halogens is 3. The van der Waals surface area contributed by atoms with Gasteiger partial charge in [-0.2, -0.15) is 13.2 Å². The van der Waals surface area contributed by atoms with E-state index < -0.39 is 17.5 Å². The summed E-state index contributed by atoms with van der Waals surface area (Å²) in [6.45, 7) is 3.03. The molecule has 1 unspecified atom stereocenters. The fourth-order valence-electron chi connectivity index (χ4n) is 3.53. The summed E-state index contributed by atoms with van der Waals surface area (Å²) < 4.78 is 44.7. The van der Waals surface area contributed by atoms with Gasteiger partial charge < -0.3 is 15.0 Å². The molecule has 0 radical (unpaired) electrons. The molecule has 25 heavy (non-hydrogen) atoms. The Hall–Kier alpha value is -2.25. The van der Waals surface area contributed by atoms with E-state index in [2.05, 4.69) is 5.32 Å². The van der Waals surface area contributed by atoms with Crippen LogP contribution in [0.3, 0.4) is 0 Å². The molecule has 136 valence electrons. The smallest absolute Gasteiger partial charge is 0.392 e. The Balaban J connectivity index is 1.77. The lowest BCUT2D eigenvalue weighted by Crippen LogP contribution is -2.52. The number of benzene rings is 1. The van der Waals surface area contributed by atoms with Gasteiger partial charge in [-0.05, 0) is 30.0 Å². The van der Waals surface area contributed by atoms with Crippen molar-refractivity contribution in [2.24, 2.45) is 11.3 Å². The average Bonchev–Trinajstić information content (AvgIpc) is 2.51. The van der Waals surface area contributed by atoms with Gasteiger partial charge in [0.2, 0.25) is 0 Å². The van der Waals surface area contributed by atoms with Crippen molar-refractivity contribution in [1.82, 2.24) is 4.90 Å². The maximum atomic E-state index is 13.2. The van der Waals surface area contributed by atoms with E-state index >= 15 is 0 Å². The molecule has 1 fully saturated rings. The lowest BCUT2D eigenvalue weighted by atomic mass is 9.73. The van der Waals surface area contributed by atoms with Gasteiger partial charge in [-0.25, -0.2) is 0 Å². The third-order valence-corrected chi connectivity index (χ3v) is 4.77. The van der Waals surface area contributed by atoms with Gasteiger partial charge in [-0.3, -0.25) is 9.59 Å². The van der Waals surface area contributed by atoms with E-state index in [-0.39, 0.29) is 37.9 Å². The van der Waals surface area contributed by atoms with Crippen molar-refractivity contribution in [3.63, 3.8) is 0 Å². The van der Waals surface area contributed by atoms with Gasteiger partial charge in [-0.1, -0.05) is 13.8 Å². The third kappa shape index (κ3) is 3.43. The number of ether oxygens (including phenoxy) is 1. The molecule has 0 saturated carbocycles. The van der Waals surface area contributed by atoms with Crippen LogP contribution in [0, 0.1) is 11.3 Å². The Labute approximate surface area is 143 Å². The monoisotopic (exact) mass is 356 g/mol. The number of carbonyl (C=O) groups excluding carboxylic acids is 2. The van der Waals surface area contributed by atoms with Crippen LogP contribution in [0.1, 0.15) is 30.6 Å². The van der Waals surface area contributed by atoms with Crippen LogP contribution < -0.4 is 10.1 Å². The van der Waals surface area contributed by atoms with Crippen molar-refractivity contribution in [3.8, 4) is 5.75 Å². The Morgan fingerprint density at radius 3 is 2.72 bits per heavy atom. The van der Waals surface area contributed by atoms with Crippen LogP contribution in [0.5, 0.6) is 5.75 Å². The second-order valence-corrected chi connectivity index (χ2v) is 7.15. The van der Waals surface area contributed by atoms with Crippen LogP contribution in [0.4, 0.5) is 18.9 Å². The number of carbonyl (C=O) groups is 2. The summed E-state index contributed by atoms with van der Waals surface area (Å²) in [6, 6.07) is 4.62. The van der Waals surface area contributed by atoms with Gasteiger partial charge in [0.05, 0.1) is 11.6 Å². The first-order valence-electron chi connectivity index (χ1n) is 8.00. The van der Waals surface area contributed by atoms with Gasteiger partial charge in [0.25, 0.3) is 11.8 Å². The van der Waals surface area contributed by atoms with Crippen LogP contribution >= 0.6 is 0 Å². The minimum Gasteiger partial charge on any atom is -0.482 e. The predicted molar refractivity (Wildman–Crippen MR) is 84.4 cm³/mol. The molecule has 2 aliphatic rings. The normalized spacial score (nSPS) is 22.7. The molecule has 5 nitrogen and oxygen atoms in total. The number of alkyl halides is 3. The van der Waals surface area contributed by atoms with Crippen molar-refractivity contribution in [3.05, 3.63) is 23.8 Å². The first kappa shape index (κ1) is 17.6. The van der Waals surface area contributed by atoms with E-state index in [0.29, 0.717) is 17.0 Å². The number of hydrogen-bond donors (Lipinski definition) is 1. The van der Waals surface area contributed by atoms with E-state index in [1.807, 2.05) is 0 Å². The second kappa shape index (κ2) is 5.93. The summed E-state index contributed by atoms with van der Waals surface area (Å²) in [5.41, 5.74) is -0.245.